The van der Waals surface area contributed by atoms with Crippen molar-refractivity contribution in [3.8, 4) is 16.9 Å². The van der Waals surface area contributed by atoms with Crippen LogP contribution in [0.5, 0.6) is 5.75 Å². The molecule has 0 heterocycles. The molecule has 0 spiro atoms. The number of benzene rings is 2. The van der Waals surface area contributed by atoms with Gasteiger partial charge in [-0.1, -0.05) is 18.2 Å². The smallest absolute Gasteiger partial charge is 0.153 e. The summed E-state index contributed by atoms with van der Waals surface area (Å²) in [5, 5.41) is 0. The molecule has 0 aliphatic rings. The van der Waals surface area contributed by atoms with Crippen molar-refractivity contribution >= 4 is 6.29 Å². The highest BCUT2D eigenvalue weighted by Gasteiger charge is 2.05. The molecule has 0 radical (unpaired) electrons. The Kier molecular flexibility index (Phi) is 3.19. The van der Waals surface area contributed by atoms with Gasteiger partial charge in [0.15, 0.2) is 6.29 Å². The van der Waals surface area contributed by atoms with Crippen LogP contribution in [-0.2, 0) is 0 Å². The van der Waals surface area contributed by atoms with Gasteiger partial charge in [-0.05, 0) is 35.4 Å². The predicted molar refractivity (Wildman–Crippen MR) is 63.8 cm³/mol. The lowest BCUT2D eigenvalue weighted by Crippen LogP contribution is -1.91. The Bertz CT molecular complexity index is 550. The molecule has 0 N–H and O–H groups in total. The highest BCUT2D eigenvalue weighted by atomic mass is 19.1. The summed E-state index contributed by atoms with van der Waals surface area (Å²) in [7, 11) is 1.50. The summed E-state index contributed by atoms with van der Waals surface area (Å²) < 4.78 is 18.2. The fourth-order valence-electron chi connectivity index (χ4n) is 1.66. The number of methoxy groups -OCH3 is 1. The van der Waals surface area contributed by atoms with Crippen molar-refractivity contribution in [1.82, 2.24) is 0 Å². The van der Waals surface area contributed by atoms with E-state index in [4.69, 9.17) is 4.74 Å². The molecule has 0 saturated heterocycles. The van der Waals surface area contributed by atoms with Crippen LogP contribution in [0.1, 0.15) is 10.4 Å². The quantitative estimate of drug-likeness (QED) is 0.756. The molecule has 17 heavy (non-hydrogen) atoms. The molecule has 2 nitrogen and oxygen atoms in total. The summed E-state index contributed by atoms with van der Waals surface area (Å²) in [5.41, 5.74) is 2.04. The molecule has 0 amide bonds. The molecule has 0 aromatic heterocycles. The van der Waals surface area contributed by atoms with Gasteiger partial charge in [-0.25, -0.2) is 4.39 Å². The highest BCUT2D eigenvalue weighted by Crippen LogP contribution is 2.26. The van der Waals surface area contributed by atoms with Gasteiger partial charge in [-0.3, -0.25) is 4.79 Å². The molecule has 0 unspecified atom stereocenters. The standard InChI is InChI=1S/C14H11FO2/c1-17-14-8-11(5-6-12(14)9-16)10-3-2-4-13(15)7-10/h2-9H,1H3. The Morgan fingerprint density at radius 3 is 2.53 bits per heavy atom. The van der Waals surface area contributed by atoms with Crippen molar-refractivity contribution in [2.24, 2.45) is 0 Å². The van der Waals surface area contributed by atoms with E-state index in [-0.39, 0.29) is 5.82 Å². The van der Waals surface area contributed by atoms with Crippen molar-refractivity contribution in [2.75, 3.05) is 7.11 Å². The second-order valence-corrected chi connectivity index (χ2v) is 3.58. The molecule has 0 fully saturated rings. The van der Waals surface area contributed by atoms with Crippen LogP contribution in [0.25, 0.3) is 11.1 Å². The first-order valence-corrected chi connectivity index (χ1v) is 5.14. The van der Waals surface area contributed by atoms with Gasteiger partial charge in [0, 0.05) is 0 Å². The predicted octanol–water partition coefficient (Wildman–Crippen LogP) is 3.31. The van der Waals surface area contributed by atoms with Gasteiger partial charge in [-0.15, -0.1) is 0 Å². The zero-order valence-electron chi connectivity index (χ0n) is 9.31. The van der Waals surface area contributed by atoms with E-state index in [2.05, 4.69) is 0 Å². The minimum Gasteiger partial charge on any atom is -0.496 e. The van der Waals surface area contributed by atoms with E-state index in [9.17, 15) is 9.18 Å². The number of ether oxygens (including phenoxy) is 1. The topological polar surface area (TPSA) is 26.3 Å². The number of halogens is 1. The Balaban J connectivity index is 2.50. The molecule has 0 atom stereocenters. The molecular formula is C14H11FO2. The molecule has 0 aliphatic heterocycles. The molecule has 0 aliphatic carbocycles. The minimum absolute atomic E-state index is 0.291. The molecule has 0 saturated carbocycles. The van der Waals surface area contributed by atoms with E-state index in [0.29, 0.717) is 11.3 Å². The molecule has 2 aromatic rings. The van der Waals surface area contributed by atoms with E-state index in [1.165, 1.54) is 19.2 Å². The summed E-state index contributed by atoms with van der Waals surface area (Å²) in [5.74, 6) is 0.197. The molecule has 3 heteroatoms. The minimum atomic E-state index is -0.291. The van der Waals surface area contributed by atoms with Crippen LogP contribution in [0.2, 0.25) is 0 Å². The fraction of sp³-hybridized carbons (Fsp3) is 0.0714. The SMILES string of the molecule is COc1cc(-c2cccc(F)c2)ccc1C=O. The zero-order chi connectivity index (χ0) is 12.3. The summed E-state index contributed by atoms with van der Waals surface area (Å²) >= 11 is 0. The highest BCUT2D eigenvalue weighted by molar-refractivity contribution is 5.81. The third-order valence-corrected chi connectivity index (χ3v) is 2.52. The number of hydrogen-bond acceptors (Lipinski definition) is 2. The van der Waals surface area contributed by atoms with Gasteiger partial charge in [0.1, 0.15) is 11.6 Å². The first-order valence-electron chi connectivity index (χ1n) is 5.14. The summed E-state index contributed by atoms with van der Waals surface area (Å²) in [4.78, 5) is 10.7. The van der Waals surface area contributed by atoms with Gasteiger partial charge in [-0.2, -0.15) is 0 Å². The van der Waals surface area contributed by atoms with Gasteiger partial charge >= 0.3 is 0 Å². The first kappa shape index (κ1) is 11.3. The van der Waals surface area contributed by atoms with Crippen molar-refractivity contribution in [2.45, 2.75) is 0 Å². The maximum atomic E-state index is 13.1. The largest absolute Gasteiger partial charge is 0.496 e. The zero-order valence-corrected chi connectivity index (χ0v) is 9.31. The number of carbonyl (C=O) groups is 1. The summed E-state index contributed by atoms with van der Waals surface area (Å²) in [6, 6.07) is 11.4. The van der Waals surface area contributed by atoms with E-state index in [1.807, 2.05) is 0 Å². The average molecular weight is 230 g/mol. The Morgan fingerprint density at radius 2 is 1.88 bits per heavy atom. The Labute approximate surface area is 98.7 Å². The van der Waals surface area contributed by atoms with Crippen LogP contribution in [0.3, 0.4) is 0 Å². The van der Waals surface area contributed by atoms with Crippen LogP contribution >= 0.6 is 0 Å². The lowest BCUT2D eigenvalue weighted by atomic mass is 10.0. The van der Waals surface area contributed by atoms with Crippen molar-refractivity contribution in [1.29, 1.82) is 0 Å². The van der Waals surface area contributed by atoms with Gasteiger partial charge in [0.05, 0.1) is 12.7 Å². The van der Waals surface area contributed by atoms with Crippen molar-refractivity contribution in [3.63, 3.8) is 0 Å². The van der Waals surface area contributed by atoms with E-state index in [0.717, 1.165) is 17.4 Å². The normalized spacial score (nSPS) is 10.0. The molecule has 2 rings (SSSR count). The fourth-order valence-corrected chi connectivity index (χ4v) is 1.66. The summed E-state index contributed by atoms with van der Waals surface area (Å²) in [6.07, 6.45) is 0.730. The van der Waals surface area contributed by atoms with E-state index in [1.54, 1.807) is 30.3 Å². The molecule has 86 valence electrons. The van der Waals surface area contributed by atoms with E-state index >= 15 is 0 Å². The van der Waals surface area contributed by atoms with Crippen LogP contribution in [0.15, 0.2) is 42.5 Å². The summed E-state index contributed by atoms with van der Waals surface area (Å²) in [6.45, 7) is 0. The average Bonchev–Trinajstić information content (AvgIpc) is 2.38. The second kappa shape index (κ2) is 4.78. The van der Waals surface area contributed by atoms with Crippen molar-refractivity contribution in [3.05, 3.63) is 53.8 Å². The maximum absolute atomic E-state index is 13.1. The second-order valence-electron chi connectivity index (χ2n) is 3.58. The number of rotatable bonds is 3. The lowest BCUT2D eigenvalue weighted by Gasteiger charge is -2.07. The third kappa shape index (κ3) is 2.33. The molecule has 2 aromatic carbocycles. The lowest BCUT2D eigenvalue weighted by molar-refractivity contribution is 0.112. The van der Waals surface area contributed by atoms with Crippen LogP contribution in [0.4, 0.5) is 4.39 Å². The molecular weight excluding hydrogens is 219 g/mol. The Hall–Kier alpha value is -2.16. The van der Waals surface area contributed by atoms with Crippen LogP contribution in [-0.4, -0.2) is 13.4 Å². The van der Waals surface area contributed by atoms with Crippen molar-refractivity contribution < 1.29 is 13.9 Å². The monoisotopic (exact) mass is 230 g/mol. The van der Waals surface area contributed by atoms with Crippen LogP contribution < -0.4 is 4.74 Å². The Morgan fingerprint density at radius 1 is 1.12 bits per heavy atom. The van der Waals surface area contributed by atoms with E-state index < -0.39 is 0 Å². The third-order valence-electron chi connectivity index (χ3n) is 2.52. The first-order chi connectivity index (χ1) is 8.24. The number of aldehydes is 1. The van der Waals surface area contributed by atoms with Gasteiger partial charge < -0.3 is 4.74 Å². The van der Waals surface area contributed by atoms with Gasteiger partial charge in [0.2, 0.25) is 0 Å². The maximum Gasteiger partial charge on any atom is 0.153 e. The number of hydrogen-bond donors (Lipinski definition) is 0. The molecule has 0 bridgehead atoms. The van der Waals surface area contributed by atoms with Crippen LogP contribution in [0, 0.1) is 5.82 Å². The number of carbonyl (C=O) groups excluding carboxylic acids is 1. The van der Waals surface area contributed by atoms with Gasteiger partial charge in [0.25, 0.3) is 0 Å².